The second kappa shape index (κ2) is 9.96. The van der Waals surface area contributed by atoms with Crippen LogP contribution in [0.4, 0.5) is 29.3 Å². The lowest BCUT2D eigenvalue weighted by atomic mass is 10.0. The van der Waals surface area contributed by atoms with Crippen molar-refractivity contribution >= 4 is 41.0 Å². The SMILES string of the molecule is O=C(CC1Sc2ccc(C(F)(F)F)cc2NC1=O)NC1CCN(C(=O)Nc2ccccc2)CC1. The minimum atomic E-state index is -4.50. The maximum Gasteiger partial charge on any atom is 0.416 e. The summed E-state index contributed by atoms with van der Waals surface area (Å²) in [5.74, 6) is -0.811. The number of fused-ring (bicyclic) bond motifs is 1. The van der Waals surface area contributed by atoms with Crippen LogP contribution in [-0.4, -0.2) is 47.1 Å². The zero-order valence-corrected chi connectivity index (χ0v) is 18.8. The van der Waals surface area contributed by atoms with Gasteiger partial charge in [-0.3, -0.25) is 9.59 Å². The first-order valence-electron chi connectivity index (χ1n) is 10.8. The number of carbonyl (C=O) groups excluding carboxylic acids is 3. The van der Waals surface area contributed by atoms with Crippen molar-refractivity contribution in [2.75, 3.05) is 23.7 Å². The number of rotatable bonds is 4. The molecule has 1 atom stereocenters. The standard InChI is InChI=1S/C23H23F3N4O3S/c24-23(25,26)14-6-7-18-17(12-14)29-21(32)19(34-18)13-20(31)27-16-8-10-30(11-9-16)22(33)28-15-4-2-1-3-5-15/h1-7,12,16,19H,8-11,13H2,(H,27,31)(H,28,33)(H,29,32). The number of nitrogens with zero attached hydrogens (tertiary/aromatic N) is 1. The number of halogens is 3. The summed E-state index contributed by atoms with van der Waals surface area (Å²) in [6.07, 6.45) is -3.42. The summed E-state index contributed by atoms with van der Waals surface area (Å²) in [4.78, 5) is 39.5. The molecule has 0 spiro atoms. The van der Waals surface area contributed by atoms with E-state index in [0.29, 0.717) is 36.5 Å². The number of nitrogens with one attached hydrogen (secondary N) is 3. The molecular weight excluding hydrogens is 469 g/mol. The number of hydrogen-bond donors (Lipinski definition) is 3. The van der Waals surface area contributed by atoms with Gasteiger partial charge in [0, 0.05) is 36.1 Å². The summed E-state index contributed by atoms with van der Waals surface area (Å²) in [6, 6.07) is 12.0. The van der Waals surface area contributed by atoms with E-state index >= 15 is 0 Å². The van der Waals surface area contributed by atoms with Gasteiger partial charge in [-0.25, -0.2) is 4.79 Å². The monoisotopic (exact) mass is 492 g/mol. The number of thioether (sulfide) groups is 1. The van der Waals surface area contributed by atoms with Crippen LogP contribution in [0, 0.1) is 0 Å². The molecule has 1 fully saturated rings. The summed E-state index contributed by atoms with van der Waals surface area (Å²) >= 11 is 1.08. The Hall–Kier alpha value is -3.21. The van der Waals surface area contributed by atoms with Gasteiger partial charge in [0.1, 0.15) is 0 Å². The molecule has 2 aliphatic rings. The molecule has 1 saturated heterocycles. The highest BCUT2D eigenvalue weighted by Crippen LogP contribution is 2.40. The third kappa shape index (κ3) is 5.82. The molecule has 2 aliphatic heterocycles. The molecule has 0 aromatic heterocycles. The van der Waals surface area contributed by atoms with Crippen LogP contribution in [0.3, 0.4) is 0 Å². The number of alkyl halides is 3. The first kappa shape index (κ1) is 23.9. The fourth-order valence-corrected chi connectivity index (χ4v) is 4.96. The molecular formula is C23H23F3N4O3S. The van der Waals surface area contributed by atoms with Crippen LogP contribution in [0.5, 0.6) is 0 Å². The lowest BCUT2D eigenvalue weighted by molar-refractivity contribution is -0.137. The number of benzene rings is 2. The van der Waals surface area contributed by atoms with Crippen molar-refractivity contribution in [2.45, 2.75) is 41.6 Å². The Labute approximate surface area is 198 Å². The number of likely N-dealkylation sites (tertiary alicyclic amines) is 1. The molecule has 1 unspecified atom stereocenters. The van der Waals surface area contributed by atoms with Crippen molar-refractivity contribution in [1.82, 2.24) is 10.2 Å². The molecule has 2 aromatic rings. The molecule has 0 aliphatic carbocycles. The van der Waals surface area contributed by atoms with Gasteiger partial charge in [0.2, 0.25) is 11.8 Å². The topological polar surface area (TPSA) is 90.5 Å². The highest BCUT2D eigenvalue weighted by molar-refractivity contribution is 8.01. The van der Waals surface area contributed by atoms with Gasteiger partial charge in [-0.2, -0.15) is 13.2 Å². The van der Waals surface area contributed by atoms with Crippen LogP contribution in [-0.2, 0) is 15.8 Å². The third-order valence-corrected chi connectivity index (χ3v) is 6.94. The molecule has 34 heavy (non-hydrogen) atoms. The number of urea groups is 1. The van der Waals surface area contributed by atoms with Gasteiger partial charge in [-0.05, 0) is 43.2 Å². The van der Waals surface area contributed by atoms with Gasteiger partial charge in [-0.15, -0.1) is 11.8 Å². The van der Waals surface area contributed by atoms with E-state index in [9.17, 15) is 27.6 Å². The molecule has 4 amide bonds. The zero-order chi connectivity index (χ0) is 24.3. The van der Waals surface area contributed by atoms with Gasteiger partial charge in [-0.1, -0.05) is 18.2 Å². The quantitative estimate of drug-likeness (QED) is 0.593. The molecule has 2 heterocycles. The highest BCUT2D eigenvalue weighted by atomic mass is 32.2. The predicted molar refractivity (Wildman–Crippen MR) is 123 cm³/mol. The molecule has 7 nitrogen and oxygen atoms in total. The van der Waals surface area contributed by atoms with Gasteiger partial charge >= 0.3 is 12.2 Å². The van der Waals surface area contributed by atoms with Crippen molar-refractivity contribution in [3.8, 4) is 0 Å². The Morgan fingerprint density at radius 3 is 2.47 bits per heavy atom. The molecule has 3 N–H and O–H groups in total. The lowest BCUT2D eigenvalue weighted by Gasteiger charge is -2.32. The van der Waals surface area contributed by atoms with Crippen LogP contribution in [0.15, 0.2) is 53.4 Å². The molecule has 11 heteroatoms. The van der Waals surface area contributed by atoms with Crippen LogP contribution >= 0.6 is 11.8 Å². The Kier molecular flexibility index (Phi) is 7.01. The number of piperidine rings is 1. The fraction of sp³-hybridized carbons (Fsp3) is 0.348. The van der Waals surface area contributed by atoms with Gasteiger partial charge < -0.3 is 20.9 Å². The smallest absolute Gasteiger partial charge is 0.353 e. The normalized spacial score (nSPS) is 18.6. The first-order valence-corrected chi connectivity index (χ1v) is 11.7. The van der Waals surface area contributed by atoms with Gasteiger partial charge in [0.25, 0.3) is 0 Å². The maximum atomic E-state index is 12.9. The van der Waals surface area contributed by atoms with Gasteiger partial charge in [0.15, 0.2) is 0 Å². The van der Waals surface area contributed by atoms with E-state index in [0.717, 1.165) is 23.9 Å². The van der Waals surface area contributed by atoms with E-state index in [1.54, 1.807) is 17.0 Å². The van der Waals surface area contributed by atoms with Crippen molar-refractivity contribution < 1.29 is 27.6 Å². The highest BCUT2D eigenvalue weighted by Gasteiger charge is 2.34. The number of hydrogen-bond acceptors (Lipinski definition) is 4. The largest absolute Gasteiger partial charge is 0.416 e. The minimum absolute atomic E-state index is 0.0916. The lowest BCUT2D eigenvalue weighted by Crippen LogP contribution is -2.48. The Morgan fingerprint density at radius 1 is 1.09 bits per heavy atom. The summed E-state index contributed by atoms with van der Waals surface area (Å²) in [7, 11) is 0. The molecule has 0 saturated carbocycles. The van der Waals surface area contributed by atoms with E-state index in [-0.39, 0.29) is 30.1 Å². The first-order chi connectivity index (χ1) is 16.2. The van der Waals surface area contributed by atoms with E-state index in [2.05, 4.69) is 16.0 Å². The average molecular weight is 493 g/mol. The number of para-hydroxylation sites is 1. The summed E-state index contributed by atoms with van der Waals surface area (Å²) in [5, 5.41) is 7.49. The van der Waals surface area contributed by atoms with E-state index < -0.39 is 22.9 Å². The number of amides is 4. The molecule has 2 aromatic carbocycles. The van der Waals surface area contributed by atoms with Crippen LogP contribution in [0.2, 0.25) is 0 Å². The fourth-order valence-electron chi connectivity index (χ4n) is 3.87. The van der Waals surface area contributed by atoms with Crippen molar-refractivity contribution in [3.05, 3.63) is 54.1 Å². The molecule has 0 radical (unpaired) electrons. The zero-order valence-electron chi connectivity index (χ0n) is 18.0. The van der Waals surface area contributed by atoms with Crippen molar-refractivity contribution in [1.29, 1.82) is 0 Å². The molecule has 180 valence electrons. The Bertz CT molecular complexity index is 1070. The summed E-state index contributed by atoms with van der Waals surface area (Å²) in [6.45, 7) is 0.967. The maximum absolute atomic E-state index is 12.9. The van der Waals surface area contributed by atoms with Crippen LogP contribution < -0.4 is 16.0 Å². The minimum Gasteiger partial charge on any atom is -0.353 e. The number of carbonyl (C=O) groups is 3. The average Bonchev–Trinajstić information content (AvgIpc) is 2.79. The van der Waals surface area contributed by atoms with E-state index in [4.69, 9.17) is 0 Å². The number of anilines is 2. The van der Waals surface area contributed by atoms with Gasteiger partial charge in [0.05, 0.1) is 16.5 Å². The summed E-state index contributed by atoms with van der Waals surface area (Å²) < 4.78 is 38.7. The summed E-state index contributed by atoms with van der Waals surface area (Å²) in [5.41, 5.74) is -0.0304. The van der Waals surface area contributed by atoms with Crippen molar-refractivity contribution in [3.63, 3.8) is 0 Å². The van der Waals surface area contributed by atoms with Crippen LogP contribution in [0.1, 0.15) is 24.8 Å². The Balaban J connectivity index is 1.25. The predicted octanol–water partition coefficient (Wildman–Crippen LogP) is 4.32. The second-order valence-electron chi connectivity index (χ2n) is 8.13. The third-order valence-electron chi connectivity index (χ3n) is 5.67. The van der Waals surface area contributed by atoms with E-state index in [1.165, 1.54) is 6.07 Å². The second-order valence-corrected chi connectivity index (χ2v) is 9.38. The van der Waals surface area contributed by atoms with E-state index in [1.807, 2.05) is 18.2 Å². The Morgan fingerprint density at radius 2 is 1.79 bits per heavy atom. The van der Waals surface area contributed by atoms with Crippen molar-refractivity contribution in [2.24, 2.45) is 0 Å². The molecule has 0 bridgehead atoms. The van der Waals surface area contributed by atoms with Crippen LogP contribution in [0.25, 0.3) is 0 Å². The molecule has 4 rings (SSSR count).